The molecule has 6 heteroatoms. The number of ether oxygens (including phenoxy) is 1. The van der Waals surface area contributed by atoms with Crippen molar-refractivity contribution >= 4 is 17.7 Å². The molecule has 2 aliphatic heterocycles. The van der Waals surface area contributed by atoms with E-state index >= 15 is 0 Å². The summed E-state index contributed by atoms with van der Waals surface area (Å²) in [6.45, 7) is 0. The van der Waals surface area contributed by atoms with Gasteiger partial charge >= 0.3 is 5.97 Å². The largest absolute Gasteiger partial charge is 0.472 e. The maximum Gasteiger partial charge on any atom is 0.334 e. The van der Waals surface area contributed by atoms with Crippen LogP contribution in [0.25, 0.3) is 6.08 Å². The lowest BCUT2D eigenvalue weighted by Gasteiger charge is -2.34. The number of rotatable bonds is 3. The molecule has 3 heterocycles. The van der Waals surface area contributed by atoms with Gasteiger partial charge in [-0.05, 0) is 35.4 Å². The van der Waals surface area contributed by atoms with Crippen molar-refractivity contribution in [1.29, 1.82) is 10.5 Å². The lowest BCUT2D eigenvalue weighted by atomic mass is 9.70. The van der Waals surface area contributed by atoms with Crippen molar-refractivity contribution in [3.63, 3.8) is 0 Å². The molecular weight excluding hydrogens is 390 g/mol. The van der Waals surface area contributed by atoms with Gasteiger partial charge in [-0.25, -0.2) is 4.79 Å². The van der Waals surface area contributed by atoms with Gasteiger partial charge in [0.25, 0.3) is 0 Å². The molecular formula is C25H17N3O3. The van der Waals surface area contributed by atoms with Crippen molar-refractivity contribution in [3.8, 4) is 17.9 Å². The highest BCUT2D eigenvalue weighted by atomic mass is 16.5. The number of nitrogens with zero attached hydrogens (tertiary/aromatic N) is 3. The summed E-state index contributed by atoms with van der Waals surface area (Å²) in [6, 6.07) is 21.1. The molecule has 0 spiro atoms. The lowest BCUT2D eigenvalue weighted by Crippen LogP contribution is -2.45. The van der Waals surface area contributed by atoms with Crippen LogP contribution in [0.5, 0.6) is 5.75 Å². The summed E-state index contributed by atoms with van der Waals surface area (Å²) in [6.07, 6.45) is 6.70. The molecule has 3 unspecified atom stereocenters. The van der Waals surface area contributed by atoms with E-state index in [1.807, 2.05) is 47.4 Å². The van der Waals surface area contributed by atoms with Crippen molar-refractivity contribution in [2.75, 3.05) is 4.90 Å². The molecule has 0 bridgehead atoms. The van der Waals surface area contributed by atoms with E-state index in [1.54, 1.807) is 30.3 Å². The zero-order valence-electron chi connectivity index (χ0n) is 16.4. The number of benzene rings is 2. The van der Waals surface area contributed by atoms with Crippen LogP contribution in [-0.2, 0) is 4.79 Å². The Morgan fingerprint density at radius 2 is 1.77 bits per heavy atom. The van der Waals surface area contributed by atoms with E-state index in [9.17, 15) is 15.3 Å². The molecule has 0 amide bonds. The number of hydrogen-bond acceptors (Lipinski definition) is 6. The van der Waals surface area contributed by atoms with E-state index in [0.717, 1.165) is 11.3 Å². The Bertz CT molecular complexity index is 1220. The van der Waals surface area contributed by atoms with Gasteiger partial charge < -0.3 is 14.1 Å². The monoisotopic (exact) mass is 407 g/mol. The molecule has 3 aromatic rings. The summed E-state index contributed by atoms with van der Waals surface area (Å²) in [5, 5.41) is 20.5. The topological polar surface area (TPSA) is 90.3 Å². The second kappa shape index (κ2) is 7.19. The van der Waals surface area contributed by atoms with E-state index in [1.165, 1.54) is 12.5 Å². The molecule has 5 rings (SSSR count). The Morgan fingerprint density at radius 1 is 1.03 bits per heavy atom. The number of fused-ring (bicyclic) bond motifs is 3. The number of anilines is 1. The number of carbonyl (C=O) groups excluding carboxylic acids is 1. The van der Waals surface area contributed by atoms with Crippen LogP contribution < -0.4 is 9.64 Å². The molecule has 31 heavy (non-hydrogen) atoms. The SMILES string of the molecule is N#CC1(C#N)C(c2ccoc2)C(C(=O)Oc2ccccc2)N2c3ccccc3C=CC21. The third kappa shape index (κ3) is 2.73. The van der Waals surface area contributed by atoms with Crippen LogP contribution in [0, 0.1) is 28.1 Å². The van der Waals surface area contributed by atoms with E-state index < -0.39 is 29.4 Å². The molecule has 0 radical (unpaired) electrons. The van der Waals surface area contributed by atoms with Gasteiger partial charge in [-0.3, -0.25) is 0 Å². The molecule has 1 aromatic heterocycles. The van der Waals surface area contributed by atoms with Gasteiger partial charge in [-0.15, -0.1) is 0 Å². The first-order valence-electron chi connectivity index (χ1n) is 9.86. The molecule has 6 nitrogen and oxygen atoms in total. The standard InChI is InChI=1S/C25H17N3O3/c26-15-25(16-27)21-11-10-17-6-4-5-9-20(17)28(21)23(22(25)18-12-13-30-14-18)24(29)31-19-7-2-1-3-8-19/h1-14,21-23H. The van der Waals surface area contributed by atoms with Crippen LogP contribution in [0.15, 0.2) is 83.7 Å². The first-order valence-corrected chi connectivity index (χ1v) is 9.86. The summed E-state index contributed by atoms with van der Waals surface area (Å²) < 4.78 is 11.0. The van der Waals surface area contributed by atoms with Gasteiger partial charge in [0.1, 0.15) is 11.8 Å². The third-order valence-electron chi connectivity index (χ3n) is 6.02. The predicted molar refractivity (Wildman–Crippen MR) is 113 cm³/mol. The molecule has 150 valence electrons. The highest BCUT2D eigenvalue weighted by molar-refractivity contribution is 5.89. The maximum absolute atomic E-state index is 13.6. The average molecular weight is 407 g/mol. The Morgan fingerprint density at radius 3 is 2.48 bits per heavy atom. The van der Waals surface area contributed by atoms with Gasteiger partial charge in [0, 0.05) is 5.69 Å². The van der Waals surface area contributed by atoms with Crippen molar-refractivity contribution in [2.45, 2.75) is 18.0 Å². The normalized spacial score (nSPS) is 22.6. The van der Waals surface area contributed by atoms with Crippen LogP contribution in [0.3, 0.4) is 0 Å². The van der Waals surface area contributed by atoms with E-state index in [0.29, 0.717) is 11.3 Å². The molecule has 0 aliphatic carbocycles. The molecule has 2 aromatic carbocycles. The average Bonchev–Trinajstić information content (AvgIpc) is 3.44. The number of carbonyl (C=O) groups is 1. The molecule has 0 N–H and O–H groups in total. The fourth-order valence-corrected chi connectivity index (χ4v) is 4.70. The minimum atomic E-state index is -1.51. The van der Waals surface area contributed by atoms with Crippen LogP contribution in [0.2, 0.25) is 0 Å². The van der Waals surface area contributed by atoms with Crippen molar-refractivity contribution in [3.05, 3.63) is 90.4 Å². The second-order valence-electron chi connectivity index (χ2n) is 7.58. The number of furan rings is 1. The summed E-state index contributed by atoms with van der Waals surface area (Å²) in [5.41, 5.74) is 0.798. The summed E-state index contributed by atoms with van der Waals surface area (Å²) in [4.78, 5) is 15.4. The number of nitriles is 2. The number of hydrogen-bond donors (Lipinski definition) is 0. The summed E-state index contributed by atoms with van der Waals surface area (Å²) in [7, 11) is 0. The molecule has 1 fully saturated rings. The Balaban J connectivity index is 1.70. The number of esters is 1. The highest BCUT2D eigenvalue weighted by Crippen LogP contribution is 2.55. The van der Waals surface area contributed by atoms with Gasteiger partial charge in [-0.2, -0.15) is 10.5 Å². The second-order valence-corrected chi connectivity index (χ2v) is 7.58. The van der Waals surface area contributed by atoms with E-state index in [4.69, 9.17) is 9.15 Å². The van der Waals surface area contributed by atoms with Crippen LogP contribution in [-0.4, -0.2) is 18.1 Å². The van der Waals surface area contributed by atoms with Gasteiger partial charge in [-0.1, -0.05) is 48.6 Å². The predicted octanol–water partition coefficient (Wildman–Crippen LogP) is 4.29. The third-order valence-corrected chi connectivity index (χ3v) is 6.02. The van der Waals surface area contributed by atoms with Crippen molar-refractivity contribution in [2.24, 2.45) is 5.41 Å². The Kier molecular flexibility index (Phi) is 4.34. The maximum atomic E-state index is 13.6. The molecule has 3 atom stereocenters. The Labute approximate surface area is 179 Å². The molecule has 2 aliphatic rings. The van der Waals surface area contributed by atoms with E-state index in [2.05, 4.69) is 12.1 Å². The zero-order valence-corrected chi connectivity index (χ0v) is 16.4. The van der Waals surface area contributed by atoms with Gasteiger partial charge in [0.15, 0.2) is 5.41 Å². The molecule has 0 saturated carbocycles. The van der Waals surface area contributed by atoms with Gasteiger partial charge in [0.2, 0.25) is 0 Å². The van der Waals surface area contributed by atoms with Crippen molar-refractivity contribution in [1.82, 2.24) is 0 Å². The highest BCUT2D eigenvalue weighted by Gasteiger charge is 2.64. The fourth-order valence-electron chi connectivity index (χ4n) is 4.70. The van der Waals surface area contributed by atoms with Gasteiger partial charge in [0.05, 0.1) is 36.6 Å². The van der Waals surface area contributed by atoms with Crippen LogP contribution in [0.1, 0.15) is 17.0 Å². The smallest absolute Gasteiger partial charge is 0.334 e. The fraction of sp³-hybridized carbons (Fsp3) is 0.160. The first kappa shape index (κ1) is 18.7. The van der Waals surface area contributed by atoms with E-state index in [-0.39, 0.29) is 0 Å². The minimum Gasteiger partial charge on any atom is -0.472 e. The quantitative estimate of drug-likeness (QED) is 0.475. The van der Waals surface area contributed by atoms with Crippen LogP contribution in [0.4, 0.5) is 5.69 Å². The minimum absolute atomic E-state index is 0.405. The Hall–Kier alpha value is -4.29. The van der Waals surface area contributed by atoms with Crippen molar-refractivity contribution < 1.29 is 13.9 Å². The first-order chi connectivity index (χ1) is 15.2. The zero-order chi connectivity index (χ0) is 21.4. The molecule has 1 saturated heterocycles. The number of para-hydroxylation sites is 2. The summed E-state index contributed by atoms with van der Waals surface area (Å²) >= 11 is 0. The lowest BCUT2D eigenvalue weighted by molar-refractivity contribution is -0.136. The summed E-state index contributed by atoms with van der Waals surface area (Å²) in [5.74, 6) is -0.889. The van der Waals surface area contributed by atoms with Crippen LogP contribution >= 0.6 is 0 Å².